The molecule has 0 saturated carbocycles. The highest BCUT2D eigenvalue weighted by molar-refractivity contribution is 7.99. The zero-order chi connectivity index (χ0) is 19.8. The van der Waals surface area contributed by atoms with Crippen molar-refractivity contribution >= 4 is 23.4 Å². The van der Waals surface area contributed by atoms with E-state index in [1.165, 1.54) is 11.8 Å². The van der Waals surface area contributed by atoms with E-state index in [1.54, 1.807) is 28.8 Å². The van der Waals surface area contributed by atoms with E-state index in [0.717, 1.165) is 18.6 Å². The summed E-state index contributed by atoms with van der Waals surface area (Å²) in [6, 6.07) is 16.7. The van der Waals surface area contributed by atoms with E-state index in [-0.39, 0.29) is 17.3 Å². The summed E-state index contributed by atoms with van der Waals surface area (Å²) >= 11 is 1.23. The smallest absolute Gasteiger partial charge is 0.343 e. The molecular weight excluding hydrogens is 376 g/mol. The summed E-state index contributed by atoms with van der Waals surface area (Å²) in [5.41, 5.74) is 0.432. The normalized spacial score (nSPS) is 10.6. The zero-order valence-electron chi connectivity index (χ0n) is 15.6. The van der Waals surface area contributed by atoms with Crippen LogP contribution in [-0.4, -0.2) is 26.4 Å². The Morgan fingerprint density at radius 2 is 1.86 bits per heavy atom. The number of hydrogen-bond donors (Lipinski definition) is 2. The number of aromatic nitrogens is 3. The summed E-state index contributed by atoms with van der Waals surface area (Å²) in [5, 5.41) is 9.79. The van der Waals surface area contributed by atoms with E-state index in [9.17, 15) is 9.59 Å². The predicted molar refractivity (Wildman–Crippen MR) is 110 cm³/mol. The number of H-pyrrole nitrogens is 1. The molecule has 2 N–H and O–H groups in total. The van der Waals surface area contributed by atoms with Gasteiger partial charge >= 0.3 is 5.69 Å². The van der Waals surface area contributed by atoms with Crippen molar-refractivity contribution in [3.8, 4) is 11.5 Å². The van der Waals surface area contributed by atoms with Gasteiger partial charge in [0, 0.05) is 12.2 Å². The molecule has 1 aromatic heterocycles. The van der Waals surface area contributed by atoms with Gasteiger partial charge in [0.15, 0.2) is 5.16 Å². The molecule has 0 fully saturated rings. The highest BCUT2D eigenvalue weighted by atomic mass is 32.2. The first kappa shape index (κ1) is 19.8. The molecule has 2 aromatic carbocycles. The Balaban J connectivity index is 1.52. The fourth-order valence-corrected chi connectivity index (χ4v) is 3.26. The molecule has 28 heavy (non-hydrogen) atoms. The lowest BCUT2D eigenvalue weighted by Crippen LogP contribution is -2.19. The number of ether oxygens (including phenoxy) is 1. The fourth-order valence-electron chi connectivity index (χ4n) is 2.48. The molecule has 0 bridgehead atoms. The van der Waals surface area contributed by atoms with Crippen LogP contribution in [0.25, 0.3) is 0 Å². The van der Waals surface area contributed by atoms with E-state index < -0.39 is 0 Å². The molecule has 0 saturated heterocycles. The molecule has 0 unspecified atom stereocenters. The van der Waals surface area contributed by atoms with Crippen LogP contribution in [0.15, 0.2) is 64.5 Å². The highest BCUT2D eigenvalue weighted by Crippen LogP contribution is 2.23. The van der Waals surface area contributed by atoms with Crippen molar-refractivity contribution in [3.05, 3.63) is 65.1 Å². The number of aromatic amines is 1. The number of rotatable bonds is 9. The van der Waals surface area contributed by atoms with Crippen LogP contribution in [0.4, 0.5) is 5.69 Å². The van der Waals surface area contributed by atoms with Crippen LogP contribution >= 0.6 is 11.8 Å². The number of unbranched alkanes of at least 4 members (excludes halogenated alkanes) is 1. The average Bonchev–Trinajstić information content (AvgIpc) is 3.06. The van der Waals surface area contributed by atoms with Crippen molar-refractivity contribution in [1.82, 2.24) is 14.8 Å². The largest absolute Gasteiger partial charge is 0.457 e. The predicted octanol–water partition coefficient (Wildman–Crippen LogP) is 3.89. The number of carbonyl (C=O) groups excluding carboxylic acids is 1. The van der Waals surface area contributed by atoms with Crippen molar-refractivity contribution in [1.29, 1.82) is 0 Å². The molecule has 0 spiro atoms. The molecule has 0 aliphatic carbocycles. The van der Waals surface area contributed by atoms with E-state index >= 15 is 0 Å². The first-order valence-corrected chi connectivity index (χ1v) is 10.0. The molecule has 0 atom stereocenters. The maximum Gasteiger partial charge on any atom is 0.343 e. The molecule has 3 aromatic rings. The van der Waals surface area contributed by atoms with Gasteiger partial charge in [-0.15, -0.1) is 5.10 Å². The van der Waals surface area contributed by atoms with Crippen molar-refractivity contribution in [2.45, 2.75) is 31.5 Å². The van der Waals surface area contributed by atoms with E-state index in [4.69, 9.17) is 4.74 Å². The summed E-state index contributed by atoms with van der Waals surface area (Å²) in [6.45, 7) is 2.65. The average molecular weight is 398 g/mol. The van der Waals surface area contributed by atoms with Crippen LogP contribution in [0.5, 0.6) is 11.5 Å². The molecule has 1 heterocycles. The van der Waals surface area contributed by atoms with Gasteiger partial charge in [-0.1, -0.05) is 43.3 Å². The first-order chi connectivity index (χ1) is 13.7. The second-order valence-corrected chi connectivity index (χ2v) is 7.04. The Morgan fingerprint density at radius 1 is 1.14 bits per heavy atom. The zero-order valence-corrected chi connectivity index (χ0v) is 16.4. The molecule has 7 nitrogen and oxygen atoms in total. The molecule has 0 aliphatic rings. The van der Waals surface area contributed by atoms with Crippen LogP contribution in [0.3, 0.4) is 0 Å². The highest BCUT2D eigenvalue weighted by Gasteiger charge is 2.11. The standard InChI is InChI=1S/C20H22N4O3S/c1-2-3-13-24-19(26)22-23-20(24)28-14-18(25)21-15-9-11-17(12-10-15)27-16-7-5-4-6-8-16/h4-12H,2-3,13-14H2,1H3,(H,21,25)(H,22,26). The lowest BCUT2D eigenvalue weighted by atomic mass is 10.3. The minimum absolute atomic E-state index is 0.165. The van der Waals surface area contributed by atoms with Gasteiger partial charge in [0.1, 0.15) is 11.5 Å². The third-order valence-corrected chi connectivity index (χ3v) is 4.88. The maximum atomic E-state index is 12.2. The van der Waals surface area contributed by atoms with E-state index in [1.807, 2.05) is 30.3 Å². The van der Waals surface area contributed by atoms with Crippen LogP contribution in [-0.2, 0) is 11.3 Å². The summed E-state index contributed by atoms with van der Waals surface area (Å²) in [5.74, 6) is 1.44. The Kier molecular flexibility index (Phi) is 6.91. The van der Waals surface area contributed by atoms with Gasteiger partial charge in [0.05, 0.1) is 5.75 Å². The van der Waals surface area contributed by atoms with Crippen LogP contribution < -0.4 is 15.7 Å². The number of para-hydroxylation sites is 1. The van der Waals surface area contributed by atoms with Gasteiger partial charge in [0.2, 0.25) is 5.91 Å². The van der Waals surface area contributed by atoms with Crippen molar-refractivity contribution in [2.24, 2.45) is 0 Å². The number of amides is 1. The summed E-state index contributed by atoms with van der Waals surface area (Å²) in [4.78, 5) is 24.0. The van der Waals surface area contributed by atoms with Crippen molar-refractivity contribution < 1.29 is 9.53 Å². The summed E-state index contributed by atoms with van der Waals surface area (Å²) in [7, 11) is 0. The van der Waals surface area contributed by atoms with Gasteiger partial charge in [-0.05, 0) is 42.8 Å². The number of carbonyl (C=O) groups is 1. The van der Waals surface area contributed by atoms with Crippen LogP contribution in [0, 0.1) is 0 Å². The second-order valence-electron chi connectivity index (χ2n) is 6.09. The van der Waals surface area contributed by atoms with E-state index in [0.29, 0.717) is 23.1 Å². The quantitative estimate of drug-likeness (QED) is 0.534. The van der Waals surface area contributed by atoms with Crippen molar-refractivity contribution in [2.75, 3.05) is 11.1 Å². The number of benzene rings is 2. The molecule has 3 rings (SSSR count). The number of thioether (sulfide) groups is 1. The van der Waals surface area contributed by atoms with E-state index in [2.05, 4.69) is 22.4 Å². The van der Waals surface area contributed by atoms with Gasteiger partial charge in [-0.2, -0.15) is 0 Å². The molecule has 0 aliphatic heterocycles. The number of hydrogen-bond acceptors (Lipinski definition) is 5. The minimum Gasteiger partial charge on any atom is -0.457 e. The third-order valence-electron chi connectivity index (χ3n) is 3.91. The molecule has 1 amide bonds. The van der Waals surface area contributed by atoms with Crippen LogP contribution in [0.2, 0.25) is 0 Å². The molecular formula is C20H22N4O3S. The third kappa shape index (κ3) is 5.50. The lowest BCUT2D eigenvalue weighted by Gasteiger charge is -2.08. The van der Waals surface area contributed by atoms with Gasteiger partial charge < -0.3 is 10.1 Å². The Bertz CT molecular complexity index is 952. The van der Waals surface area contributed by atoms with Crippen LogP contribution in [0.1, 0.15) is 19.8 Å². The van der Waals surface area contributed by atoms with Gasteiger partial charge in [0.25, 0.3) is 0 Å². The Labute approximate surface area is 167 Å². The Morgan fingerprint density at radius 3 is 2.57 bits per heavy atom. The van der Waals surface area contributed by atoms with Gasteiger partial charge in [-0.25, -0.2) is 9.89 Å². The summed E-state index contributed by atoms with van der Waals surface area (Å²) in [6.07, 6.45) is 1.86. The lowest BCUT2D eigenvalue weighted by molar-refractivity contribution is -0.113. The fraction of sp³-hybridized carbons (Fsp3) is 0.250. The number of anilines is 1. The second kappa shape index (κ2) is 9.80. The molecule has 146 valence electrons. The minimum atomic E-state index is -0.245. The monoisotopic (exact) mass is 398 g/mol. The van der Waals surface area contributed by atoms with Crippen molar-refractivity contribution in [3.63, 3.8) is 0 Å². The molecule has 8 heteroatoms. The van der Waals surface area contributed by atoms with Gasteiger partial charge in [-0.3, -0.25) is 9.36 Å². The molecule has 0 radical (unpaired) electrons. The number of nitrogens with zero attached hydrogens (tertiary/aromatic N) is 2. The topological polar surface area (TPSA) is 89.0 Å². The summed E-state index contributed by atoms with van der Waals surface area (Å²) < 4.78 is 7.30. The number of nitrogens with one attached hydrogen (secondary N) is 2. The first-order valence-electron chi connectivity index (χ1n) is 9.06. The SMILES string of the molecule is CCCCn1c(SCC(=O)Nc2ccc(Oc3ccccc3)cc2)n[nH]c1=O. The Hall–Kier alpha value is -3.00. The maximum absolute atomic E-state index is 12.2.